The van der Waals surface area contributed by atoms with Crippen LogP contribution in [0.25, 0.3) is 0 Å². The summed E-state index contributed by atoms with van der Waals surface area (Å²) in [4.78, 5) is 0. The van der Waals surface area contributed by atoms with E-state index in [0.29, 0.717) is 15.2 Å². The van der Waals surface area contributed by atoms with Crippen LogP contribution in [0.4, 0.5) is 0 Å². The molecule has 0 spiro atoms. The van der Waals surface area contributed by atoms with Gasteiger partial charge < -0.3 is 5.32 Å². The highest BCUT2D eigenvalue weighted by Crippen LogP contribution is 2.23. The number of rotatable bonds is 3. The monoisotopic (exact) mass is 275 g/mol. The van der Waals surface area contributed by atoms with Gasteiger partial charge in [-0.2, -0.15) is 5.10 Å². The summed E-state index contributed by atoms with van der Waals surface area (Å²) in [6.07, 6.45) is 1.57. The Morgan fingerprint density at radius 2 is 2.25 bits per heavy atom. The minimum atomic E-state index is 0.469. The normalized spacial score (nSPS) is 10.4. The SMILES string of the molecule is CCNC(=S)NN=Cc1cccc(Cl)c1Cl. The predicted molar refractivity (Wildman–Crippen MR) is 73.5 cm³/mol. The highest BCUT2D eigenvalue weighted by molar-refractivity contribution is 7.80. The summed E-state index contributed by atoms with van der Waals surface area (Å²) in [7, 11) is 0. The van der Waals surface area contributed by atoms with E-state index in [9.17, 15) is 0 Å². The second-order valence-corrected chi connectivity index (χ2v) is 4.07. The van der Waals surface area contributed by atoms with Gasteiger partial charge in [-0.25, -0.2) is 0 Å². The lowest BCUT2D eigenvalue weighted by Crippen LogP contribution is -2.31. The van der Waals surface area contributed by atoms with Crippen LogP contribution in [-0.4, -0.2) is 17.9 Å². The molecule has 0 atom stereocenters. The van der Waals surface area contributed by atoms with E-state index >= 15 is 0 Å². The molecule has 0 bridgehead atoms. The molecule has 86 valence electrons. The summed E-state index contributed by atoms with van der Waals surface area (Å²) in [6, 6.07) is 5.34. The minimum Gasteiger partial charge on any atom is -0.362 e. The number of hydrogen-bond donors (Lipinski definition) is 2. The van der Waals surface area contributed by atoms with Gasteiger partial charge in [-0.1, -0.05) is 35.3 Å². The zero-order valence-corrected chi connectivity index (χ0v) is 11.0. The third kappa shape index (κ3) is 3.96. The van der Waals surface area contributed by atoms with E-state index in [2.05, 4.69) is 15.8 Å². The highest BCUT2D eigenvalue weighted by atomic mass is 35.5. The standard InChI is InChI=1S/C10H11Cl2N3S/c1-2-13-10(16)15-14-6-7-4-3-5-8(11)9(7)12/h3-6H,2H2,1H3,(H2,13,15,16). The molecule has 0 unspecified atom stereocenters. The molecule has 0 saturated heterocycles. The zero-order valence-electron chi connectivity index (χ0n) is 8.63. The molecular weight excluding hydrogens is 265 g/mol. The van der Waals surface area contributed by atoms with Gasteiger partial charge in [0.25, 0.3) is 0 Å². The van der Waals surface area contributed by atoms with Crippen LogP contribution in [0.5, 0.6) is 0 Å². The molecule has 0 radical (unpaired) electrons. The maximum Gasteiger partial charge on any atom is 0.186 e. The van der Waals surface area contributed by atoms with Crippen molar-refractivity contribution in [1.29, 1.82) is 0 Å². The fourth-order valence-electron chi connectivity index (χ4n) is 0.981. The van der Waals surface area contributed by atoms with Gasteiger partial charge in [0.15, 0.2) is 5.11 Å². The van der Waals surface area contributed by atoms with Crippen molar-refractivity contribution in [2.45, 2.75) is 6.92 Å². The molecule has 0 aliphatic carbocycles. The molecule has 0 aliphatic heterocycles. The molecular formula is C10H11Cl2N3S. The summed E-state index contributed by atoms with van der Waals surface area (Å²) < 4.78 is 0. The first-order chi connectivity index (χ1) is 7.65. The van der Waals surface area contributed by atoms with E-state index in [1.165, 1.54) is 0 Å². The molecule has 0 aliphatic rings. The van der Waals surface area contributed by atoms with Crippen molar-refractivity contribution in [2.24, 2.45) is 5.10 Å². The van der Waals surface area contributed by atoms with Crippen LogP contribution in [0, 0.1) is 0 Å². The van der Waals surface area contributed by atoms with Gasteiger partial charge >= 0.3 is 0 Å². The number of halogens is 2. The van der Waals surface area contributed by atoms with Crippen molar-refractivity contribution in [3.63, 3.8) is 0 Å². The molecule has 3 nitrogen and oxygen atoms in total. The summed E-state index contributed by atoms with van der Waals surface area (Å²) >= 11 is 16.8. The van der Waals surface area contributed by atoms with E-state index in [1.54, 1.807) is 18.3 Å². The molecule has 0 saturated carbocycles. The number of nitrogens with one attached hydrogen (secondary N) is 2. The summed E-state index contributed by atoms with van der Waals surface area (Å²) in [5, 5.41) is 8.29. The van der Waals surface area contributed by atoms with E-state index in [-0.39, 0.29) is 0 Å². The van der Waals surface area contributed by atoms with Crippen LogP contribution in [0.1, 0.15) is 12.5 Å². The maximum atomic E-state index is 5.97. The maximum absolute atomic E-state index is 5.97. The third-order valence-electron chi connectivity index (χ3n) is 1.69. The Balaban J connectivity index is 2.63. The smallest absolute Gasteiger partial charge is 0.186 e. The van der Waals surface area contributed by atoms with E-state index in [4.69, 9.17) is 35.4 Å². The highest BCUT2D eigenvalue weighted by Gasteiger charge is 2.00. The lowest BCUT2D eigenvalue weighted by atomic mass is 10.2. The molecule has 0 heterocycles. The van der Waals surface area contributed by atoms with Crippen molar-refractivity contribution in [2.75, 3.05) is 6.54 Å². The van der Waals surface area contributed by atoms with Crippen LogP contribution in [0.2, 0.25) is 10.0 Å². The lowest BCUT2D eigenvalue weighted by molar-refractivity contribution is 0.904. The zero-order chi connectivity index (χ0) is 12.0. The van der Waals surface area contributed by atoms with Gasteiger partial charge in [0.05, 0.1) is 16.3 Å². The Bertz CT molecular complexity index is 407. The molecule has 0 amide bonds. The Morgan fingerprint density at radius 3 is 2.94 bits per heavy atom. The van der Waals surface area contributed by atoms with Gasteiger partial charge in [-0.3, -0.25) is 5.43 Å². The van der Waals surface area contributed by atoms with Gasteiger partial charge in [0, 0.05) is 12.1 Å². The van der Waals surface area contributed by atoms with Gasteiger partial charge in [0.2, 0.25) is 0 Å². The second-order valence-electron chi connectivity index (χ2n) is 2.87. The van der Waals surface area contributed by atoms with Crippen LogP contribution < -0.4 is 10.7 Å². The van der Waals surface area contributed by atoms with Gasteiger partial charge in [-0.15, -0.1) is 0 Å². The molecule has 16 heavy (non-hydrogen) atoms. The van der Waals surface area contributed by atoms with Crippen molar-refractivity contribution in [3.05, 3.63) is 33.8 Å². The third-order valence-corrected chi connectivity index (χ3v) is 2.76. The number of hydrogen-bond acceptors (Lipinski definition) is 2. The summed E-state index contributed by atoms with van der Waals surface area (Å²) in [6.45, 7) is 2.70. The van der Waals surface area contributed by atoms with Crippen LogP contribution in [-0.2, 0) is 0 Å². The second kappa shape index (κ2) is 6.68. The van der Waals surface area contributed by atoms with Crippen molar-refractivity contribution in [1.82, 2.24) is 10.7 Å². The van der Waals surface area contributed by atoms with Crippen LogP contribution in [0.3, 0.4) is 0 Å². The van der Waals surface area contributed by atoms with E-state index < -0.39 is 0 Å². The topological polar surface area (TPSA) is 36.4 Å². The van der Waals surface area contributed by atoms with Crippen LogP contribution in [0.15, 0.2) is 23.3 Å². The Kier molecular flexibility index (Phi) is 5.52. The first-order valence-corrected chi connectivity index (χ1v) is 5.82. The van der Waals surface area contributed by atoms with Crippen LogP contribution >= 0.6 is 35.4 Å². The molecule has 6 heteroatoms. The average molecular weight is 276 g/mol. The number of benzene rings is 1. The quantitative estimate of drug-likeness (QED) is 0.506. The largest absolute Gasteiger partial charge is 0.362 e. The fraction of sp³-hybridized carbons (Fsp3) is 0.200. The van der Waals surface area contributed by atoms with E-state index in [0.717, 1.165) is 12.1 Å². The first-order valence-electron chi connectivity index (χ1n) is 4.66. The molecule has 1 rings (SSSR count). The van der Waals surface area contributed by atoms with E-state index in [1.807, 2.05) is 13.0 Å². The number of nitrogens with zero attached hydrogens (tertiary/aromatic N) is 1. The lowest BCUT2D eigenvalue weighted by Gasteiger charge is -2.03. The molecule has 1 aromatic rings. The summed E-state index contributed by atoms with van der Waals surface area (Å²) in [5.41, 5.74) is 3.40. The van der Waals surface area contributed by atoms with Crippen molar-refractivity contribution >= 4 is 46.7 Å². The number of thiocarbonyl (C=S) groups is 1. The molecule has 1 aromatic carbocycles. The first kappa shape index (κ1) is 13.2. The van der Waals surface area contributed by atoms with Gasteiger partial charge in [-0.05, 0) is 25.2 Å². The summed E-state index contributed by atoms with van der Waals surface area (Å²) in [5.74, 6) is 0. The molecule has 2 N–H and O–H groups in total. The average Bonchev–Trinajstić information content (AvgIpc) is 2.25. The minimum absolute atomic E-state index is 0.469. The fourth-order valence-corrected chi connectivity index (χ4v) is 1.53. The molecule has 0 fully saturated rings. The Hall–Kier alpha value is -0.840. The molecule has 0 aromatic heterocycles. The Morgan fingerprint density at radius 1 is 1.50 bits per heavy atom. The predicted octanol–water partition coefficient (Wildman–Crippen LogP) is 2.81. The van der Waals surface area contributed by atoms with Crippen molar-refractivity contribution < 1.29 is 0 Å². The Labute approximate surface area is 110 Å². The van der Waals surface area contributed by atoms with Gasteiger partial charge in [0.1, 0.15) is 0 Å². The van der Waals surface area contributed by atoms with Crippen molar-refractivity contribution in [3.8, 4) is 0 Å². The number of hydrazone groups is 1.